The summed E-state index contributed by atoms with van der Waals surface area (Å²) in [6.07, 6.45) is 2.30. The van der Waals surface area contributed by atoms with E-state index in [1.165, 1.54) is 0 Å². The maximum Gasteiger partial charge on any atom is 0.155 e. The molecule has 2 unspecified atom stereocenters. The number of hydrogen-bond donors (Lipinski definition) is 1. The SMILES string of the molecule is CC(O)C1(C2CCS(=O)(=O)C2(C)C)CC1. The van der Waals surface area contributed by atoms with Crippen LogP contribution in [0.1, 0.15) is 40.0 Å². The monoisotopic (exact) mass is 232 g/mol. The fourth-order valence-corrected chi connectivity index (χ4v) is 5.14. The zero-order valence-corrected chi connectivity index (χ0v) is 10.5. The van der Waals surface area contributed by atoms with E-state index in [2.05, 4.69) is 0 Å². The minimum absolute atomic E-state index is 0.104. The van der Waals surface area contributed by atoms with E-state index in [-0.39, 0.29) is 17.4 Å². The van der Waals surface area contributed by atoms with Crippen molar-refractivity contribution in [2.24, 2.45) is 11.3 Å². The van der Waals surface area contributed by atoms with Crippen LogP contribution in [0.2, 0.25) is 0 Å². The van der Waals surface area contributed by atoms with E-state index >= 15 is 0 Å². The maximum atomic E-state index is 11.9. The normalized spacial score (nSPS) is 37.5. The second-order valence-corrected chi connectivity index (χ2v) is 8.36. The molecule has 2 fully saturated rings. The predicted molar refractivity (Wildman–Crippen MR) is 59.3 cm³/mol. The number of hydrogen-bond acceptors (Lipinski definition) is 3. The van der Waals surface area contributed by atoms with Crippen LogP contribution in [0.5, 0.6) is 0 Å². The van der Waals surface area contributed by atoms with Crippen molar-refractivity contribution in [2.45, 2.75) is 50.9 Å². The third kappa shape index (κ3) is 1.37. The topological polar surface area (TPSA) is 54.4 Å². The van der Waals surface area contributed by atoms with Gasteiger partial charge in [0.05, 0.1) is 16.6 Å². The first kappa shape index (κ1) is 11.4. The van der Waals surface area contributed by atoms with Crippen molar-refractivity contribution >= 4 is 9.84 Å². The molecule has 0 spiro atoms. The highest BCUT2D eigenvalue weighted by molar-refractivity contribution is 7.93. The Balaban J connectivity index is 2.35. The van der Waals surface area contributed by atoms with Gasteiger partial charge in [-0.05, 0) is 46.0 Å². The summed E-state index contributed by atoms with van der Waals surface area (Å²) in [4.78, 5) is 0. The lowest BCUT2D eigenvalue weighted by Gasteiger charge is -2.34. The Morgan fingerprint density at radius 1 is 1.33 bits per heavy atom. The molecular formula is C11H20O3S. The minimum atomic E-state index is -2.96. The standard InChI is InChI=1S/C11H20O3S/c1-8(12)11(5-6-11)9-4-7-15(13,14)10(9,2)3/h8-9,12H,4-7H2,1-3H3. The summed E-state index contributed by atoms with van der Waals surface area (Å²) < 4.78 is 23.2. The van der Waals surface area contributed by atoms with Crippen LogP contribution in [0.4, 0.5) is 0 Å². The average molecular weight is 232 g/mol. The van der Waals surface area contributed by atoms with Crippen molar-refractivity contribution in [3.05, 3.63) is 0 Å². The Labute approximate surface area is 91.8 Å². The number of aliphatic hydroxyl groups is 1. The van der Waals surface area contributed by atoms with Crippen molar-refractivity contribution in [1.82, 2.24) is 0 Å². The second kappa shape index (κ2) is 2.98. The van der Waals surface area contributed by atoms with Gasteiger partial charge in [-0.15, -0.1) is 0 Å². The highest BCUT2D eigenvalue weighted by atomic mass is 32.2. The summed E-state index contributed by atoms with van der Waals surface area (Å²) in [5.41, 5.74) is -0.104. The third-order valence-corrected chi connectivity index (χ3v) is 7.33. The van der Waals surface area contributed by atoms with Gasteiger partial charge in [0.15, 0.2) is 9.84 Å². The van der Waals surface area contributed by atoms with Crippen LogP contribution in [0.3, 0.4) is 0 Å². The lowest BCUT2D eigenvalue weighted by Crippen LogP contribution is -2.41. The molecule has 3 nitrogen and oxygen atoms in total. The van der Waals surface area contributed by atoms with Crippen LogP contribution in [0.15, 0.2) is 0 Å². The van der Waals surface area contributed by atoms with Gasteiger partial charge in [-0.2, -0.15) is 0 Å². The smallest absolute Gasteiger partial charge is 0.155 e. The van der Waals surface area contributed by atoms with E-state index in [1.54, 1.807) is 6.92 Å². The molecule has 0 aromatic rings. The van der Waals surface area contributed by atoms with Gasteiger partial charge in [0.1, 0.15) is 0 Å². The van der Waals surface area contributed by atoms with Crippen LogP contribution in [0.25, 0.3) is 0 Å². The first-order valence-electron chi connectivity index (χ1n) is 5.64. The fourth-order valence-electron chi connectivity index (χ4n) is 3.28. The minimum Gasteiger partial charge on any atom is -0.393 e. The zero-order valence-electron chi connectivity index (χ0n) is 9.66. The summed E-state index contributed by atoms with van der Waals surface area (Å²) in [7, 11) is -2.96. The zero-order chi connectivity index (χ0) is 11.5. The summed E-state index contributed by atoms with van der Waals surface area (Å²) >= 11 is 0. The molecule has 0 aromatic heterocycles. The van der Waals surface area contributed by atoms with Crippen molar-refractivity contribution in [3.8, 4) is 0 Å². The van der Waals surface area contributed by atoms with Gasteiger partial charge < -0.3 is 5.11 Å². The van der Waals surface area contributed by atoms with Crippen molar-refractivity contribution in [2.75, 3.05) is 5.75 Å². The van der Waals surface area contributed by atoms with Crippen molar-refractivity contribution < 1.29 is 13.5 Å². The Hall–Kier alpha value is -0.0900. The summed E-state index contributed by atoms with van der Waals surface area (Å²) in [5, 5.41) is 9.81. The molecule has 0 aromatic carbocycles. The molecule has 0 radical (unpaired) electrons. The van der Waals surface area contributed by atoms with Crippen LogP contribution in [-0.4, -0.2) is 30.1 Å². The van der Waals surface area contributed by atoms with E-state index in [1.807, 2.05) is 13.8 Å². The molecule has 0 amide bonds. The van der Waals surface area contributed by atoms with Crippen molar-refractivity contribution in [3.63, 3.8) is 0 Å². The molecular weight excluding hydrogens is 212 g/mol. The van der Waals surface area contributed by atoms with E-state index in [4.69, 9.17) is 0 Å². The van der Waals surface area contributed by atoms with E-state index in [0.29, 0.717) is 5.75 Å². The molecule has 1 saturated heterocycles. The molecule has 1 aliphatic carbocycles. The first-order valence-corrected chi connectivity index (χ1v) is 7.30. The van der Waals surface area contributed by atoms with Gasteiger partial charge in [0, 0.05) is 5.41 Å². The summed E-state index contributed by atoms with van der Waals surface area (Å²) in [5.74, 6) is 0.425. The molecule has 2 aliphatic rings. The fraction of sp³-hybridized carbons (Fsp3) is 1.00. The first-order chi connectivity index (χ1) is 6.74. The summed E-state index contributed by atoms with van der Waals surface area (Å²) in [6.45, 7) is 5.44. The van der Waals surface area contributed by atoms with Crippen LogP contribution >= 0.6 is 0 Å². The van der Waals surface area contributed by atoms with Gasteiger partial charge in [0.2, 0.25) is 0 Å². The molecule has 1 N–H and O–H groups in total. The number of aliphatic hydroxyl groups excluding tert-OH is 1. The van der Waals surface area contributed by atoms with E-state index < -0.39 is 14.6 Å². The molecule has 4 heteroatoms. The van der Waals surface area contributed by atoms with Gasteiger partial charge >= 0.3 is 0 Å². The Bertz CT molecular complexity index is 363. The predicted octanol–water partition coefficient (Wildman–Crippen LogP) is 1.36. The maximum absolute atomic E-state index is 11.9. The third-order valence-electron chi connectivity index (χ3n) is 4.67. The Morgan fingerprint density at radius 2 is 1.87 bits per heavy atom. The number of sulfone groups is 1. The van der Waals surface area contributed by atoms with Crippen LogP contribution in [0, 0.1) is 11.3 Å². The van der Waals surface area contributed by atoms with Gasteiger partial charge in [-0.25, -0.2) is 8.42 Å². The molecule has 15 heavy (non-hydrogen) atoms. The van der Waals surface area contributed by atoms with E-state index in [0.717, 1.165) is 19.3 Å². The highest BCUT2D eigenvalue weighted by Crippen LogP contribution is 2.62. The average Bonchev–Trinajstić information content (AvgIpc) is 2.80. The largest absolute Gasteiger partial charge is 0.393 e. The van der Waals surface area contributed by atoms with Crippen molar-refractivity contribution in [1.29, 1.82) is 0 Å². The molecule has 0 bridgehead atoms. The number of rotatable bonds is 2. The lowest BCUT2D eigenvalue weighted by molar-refractivity contribution is 0.0585. The van der Waals surface area contributed by atoms with Gasteiger partial charge in [-0.3, -0.25) is 0 Å². The molecule has 88 valence electrons. The van der Waals surface area contributed by atoms with Crippen LogP contribution < -0.4 is 0 Å². The van der Waals surface area contributed by atoms with Gasteiger partial charge in [-0.1, -0.05) is 0 Å². The lowest BCUT2D eigenvalue weighted by atomic mass is 9.76. The second-order valence-electron chi connectivity index (χ2n) is 5.67. The molecule has 1 saturated carbocycles. The summed E-state index contributed by atoms with van der Waals surface area (Å²) in [6, 6.07) is 0. The Morgan fingerprint density at radius 3 is 2.13 bits per heavy atom. The van der Waals surface area contributed by atoms with E-state index in [9.17, 15) is 13.5 Å². The highest BCUT2D eigenvalue weighted by Gasteiger charge is 2.62. The molecule has 1 aliphatic heterocycles. The Kier molecular flexibility index (Phi) is 2.26. The van der Waals surface area contributed by atoms with Gasteiger partial charge in [0.25, 0.3) is 0 Å². The molecule has 1 heterocycles. The molecule has 2 rings (SSSR count). The molecule has 2 atom stereocenters. The quantitative estimate of drug-likeness (QED) is 0.782. The van der Waals surface area contributed by atoms with Crippen LogP contribution in [-0.2, 0) is 9.84 Å².